The molecule has 0 aliphatic rings. The maximum absolute atomic E-state index is 11.5. The zero-order valence-corrected chi connectivity index (χ0v) is 39.5. The van der Waals surface area contributed by atoms with Crippen molar-refractivity contribution in [3.05, 3.63) is 157 Å². The number of nitrogens with two attached hydrogens (primary N) is 5. The van der Waals surface area contributed by atoms with Gasteiger partial charge < -0.3 is 49.4 Å². The van der Waals surface area contributed by atoms with Gasteiger partial charge in [0.15, 0.2) is 29.2 Å². The highest BCUT2D eigenvalue weighted by molar-refractivity contribution is 6.01. The van der Waals surface area contributed by atoms with Gasteiger partial charge >= 0.3 is 0 Å². The van der Waals surface area contributed by atoms with Crippen molar-refractivity contribution in [1.82, 2.24) is 55.6 Å². The Balaban J connectivity index is 0.000000221. The number of rotatable bonds is 14. The molecule has 26 nitrogen and oxygen atoms in total. The van der Waals surface area contributed by atoms with Crippen LogP contribution < -0.4 is 44.6 Å². The van der Waals surface area contributed by atoms with Crippen LogP contribution in [0.5, 0.6) is 0 Å². The molecule has 2 aromatic carbocycles. The summed E-state index contributed by atoms with van der Waals surface area (Å²) in [7, 11) is 1.69. The highest BCUT2D eigenvalue weighted by Gasteiger charge is 2.11. The molecular weight excluding hydrogens is 925 g/mol. The lowest BCUT2D eigenvalue weighted by Crippen LogP contribution is -2.25. The minimum absolute atomic E-state index is 0.0366. The minimum Gasteiger partial charge on any atom is -0.462 e. The van der Waals surface area contributed by atoms with Gasteiger partial charge in [0, 0.05) is 35.9 Å². The summed E-state index contributed by atoms with van der Waals surface area (Å²) < 4.78 is 4.55. The molecule has 0 aliphatic carbocycles. The topological polar surface area (TPSA) is 405 Å². The molecule has 0 aliphatic heterocycles. The first kappa shape index (κ1) is 54.7. The number of benzene rings is 2. The normalized spacial score (nSPS) is 11.5. The van der Waals surface area contributed by atoms with Crippen molar-refractivity contribution in [3.8, 4) is 23.2 Å². The molecule has 0 fully saturated rings. The van der Waals surface area contributed by atoms with E-state index in [-0.39, 0.29) is 59.6 Å². The number of hydrogen-bond donors (Lipinski definition) is 8. The zero-order chi connectivity index (χ0) is 52.1. The van der Waals surface area contributed by atoms with Crippen LogP contribution in [0.4, 0.5) is 11.4 Å². The van der Waals surface area contributed by atoms with E-state index in [4.69, 9.17) is 28.7 Å². The van der Waals surface area contributed by atoms with E-state index in [0.717, 1.165) is 11.1 Å². The van der Waals surface area contributed by atoms with Gasteiger partial charge in [-0.3, -0.25) is 24.4 Å². The lowest BCUT2D eigenvalue weighted by atomic mass is 10.2. The summed E-state index contributed by atoms with van der Waals surface area (Å²) in [5.74, 6) is 1.39. The Labute approximate surface area is 413 Å². The Morgan fingerprint density at radius 2 is 1.06 bits per heavy atom. The maximum atomic E-state index is 11.5. The van der Waals surface area contributed by atoms with Crippen LogP contribution in [-0.4, -0.2) is 118 Å². The van der Waals surface area contributed by atoms with E-state index in [1.54, 1.807) is 68.2 Å². The standard InChI is InChI=1S/C14H17N9O.C14H14N4.C13H11N9O.C5H10O2/c1-17-8-11(24)21-9-3-4-10(20-7-9)12(15)22-23-13(16)14-18-5-2-6-19-14;15-13(11-7-3-1-4-8-11)17-18-14(16)12-9-5-2-6-10-12;14-6-10(23)18-8-2-3-9(17-7-8)11-19-21-13(22-20-11)12-15-4-1-5-16-12;1-5(2,3)7-4-6/h2-7,17H,8H2,1H3,(H2,15,22)(H2,16,23)(H,21,24);1-10H,(H2,15,17)(H2,16,18);1-5,7H,6,14H2,(H,18,23);4H,1-3H3. The lowest BCUT2D eigenvalue weighted by Gasteiger charge is -2.14. The molecule has 26 heteroatoms. The Morgan fingerprint density at radius 1 is 0.569 bits per heavy atom. The van der Waals surface area contributed by atoms with Gasteiger partial charge in [-0.15, -0.1) is 40.8 Å². The monoisotopic (exact) mass is 976 g/mol. The molecule has 0 radical (unpaired) electrons. The molecule has 13 N–H and O–H groups in total. The molecule has 2 amide bonds. The number of carbonyl (C=O) groups is 3. The van der Waals surface area contributed by atoms with Crippen LogP contribution in [0.3, 0.4) is 0 Å². The average molecular weight is 977 g/mol. The molecule has 0 bridgehead atoms. The Morgan fingerprint density at radius 3 is 1.51 bits per heavy atom. The fourth-order valence-corrected chi connectivity index (χ4v) is 4.85. The van der Waals surface area contributed by atoms with Crippen LogP contribution in [0.2, 0.25) is 0 Å². The number of ether oxygens (including phenoxy) is 1. The van der Waals surface area contributed by atoms with Crippen molar-refractivity contribution in [1.29, 1.82) is 0 Å². The van der Waals surface area contributed by atoms with Crippen LogP contribution in [0, 0.1) is 0 Å². The van der Waals surface area contributed by atoms with Crippen LogP contribution in [0.25, 0.3) is 23.2 Å². The molecule has 0 saturated heterocycles. The fourth-order valence-electron chi connectivity index (χ4n) is 4.85. The maximum Gasteiger partial charge on any atom is 0.293 e. The molecule has 72 heavy (non-hydrogen) atoms. The van der Waals surface area contributed by atoms with Crippen molar-refractivity contribution >= 4 is 53.0 Å². The van der Waals surface area contributed by atoms with Gasteiger partial charge in [0.05, 0.1) is 36.9 Å². The number of hydrogen-bond acceptors (Lipinski definition) is 20. The van der Waals surface area contributed by atoms with Gasteiger partial charge in [-0.2, -0.15) is 0 Å². The molecule has 370 valence electrons. The van der Waals surface area contributed by atoms with Crippen molar-refractivity contribution in [3.63, 3.8) is 0 Å². The number of likely N-dealkylation sites (N-methyl/N-ethyl adjacent to an activating group) is 1. The minimum atomic E-state index is -0.318. The second kappa shape index (κ2) is 29.1. The zero-order valence-electron chi connectivity index (χ0n) is 39.5. The SMILES string of the molecule is CC(C)(C)OC=O.CNCC(=O)Nc1ccc(/C(N)=N/N=C(\N)c2ncccn2)nc1.N/C(=N\N=C(/N)c1ccccc1)c1ccccc1.NCC(=O)Nc1ccc(-c2nnc(-c3ncccn3)nn2)nc1. The second-order valence-electron chi connectivity index (χ2n) is 14.9. The summed E-state index contributed by atoms with van der Waals surface area (Å²) in [4.78, 5) is 56.4. The summed E-state index contributed by atoms with van der Waals surface area (Å²) in [6, 6.07) is 28.8. The van der Waals surface area contributed by atoms with E-state index in [0.29, 0.717) is 46.7 Å². The second-order valence-corrected chi connectivity index (χ2v) is 14.9. The average Bonchev–Trinajstić information content (AvgIpc) is 3.41. The third-order valence-corrected chi connectivity index (χ3v) is 8.22. The van der Waals surface area contributed by atoms with Gasteiger partial charge in [0.1, 0.15) is 17.0 Å². The van der Waals surface area contributed by atoms with Crippen LogP contribution in [-0.2, 0) is 19.1 Å². The molecule has 7 aromatic rings. The first-order chi connectivity index (χ1) is 34.7. The number of carbonyl (C=O) groups excluding carboxylic acids is 3. The molecule has 0 unspecified atom stereocenters. The van der Waals surface area contributed by atoms with Gasteiger partial charge in [0.2, 0.25) is 29.3 Å². The van der Waals surface area contributed by atoms with Crippen molar-refractivity contribution in [2.75, 3.05) is 30.8 Å². The third kappa shape index (κ3) is 19.7. The van der Waals surface area contributed by atoms with Crippen molar-refractivity contribution in [2.24, 2.45) is 49.1 Å². The quantitative estimate of drug-likeness (QED) is 0.0330. The lowest BCUT2D eigenvalue weighted by molar-refractivity contribution is -0.138. The number of pyridine rings is 2. The highest BCUT2D eigenvalue weighted by Crippen LogP contribution is 2.14. The summed E-state index contributed by atoms with van der Waals surface area (Å²) in [6.45, 7) is 6.03. The van der Waals surface area contributed by atoms with E-state index in [9.17, 15) is 14.4 Å². The Bertz CT molecular complexity index is 2820. The number of amides is 2. The Kier molecular flexibility index (Phi) is 22.1. The van der Waals surface area contributed by atoms with Gasteiger partial charge in [-0.05, 0) is 64.2 Å². The van der Waals surface area contributed by atoms with E-state index in [1.165, 1.54) is 12.4 Å². The summed E-state index contributed by atoms with van der Waals surface area (Å²) in [5, 5.41) is 39.2. The summed E-state index contributed by atoms with van der Waals surface area (Å²) in [5.41, 5.74) is 31.6. The number of amidine groups is 4. The fraction of sp³-hybridized carbons (Fsp3) is 0.152. The predicted octanol–water partition coefficient (Wildman–Crippen LogP) is 1.41. The largest absolute Gasteiger partial charge is 0.462 e. The summed E-state index contributed by atoms with van der Waals surface area (Å²) in [6.07, 6.45) is 9.19. The van der Waals surface area contributed by atoms with Crippen LogP contribution >= 0.6 is 0 Å². The van der Waals surface area contributed by atoms with Gasteiger partial charge in [-0.1, -0.05) is 60.7 Å². The third-order valence-electron chi connectivity index (χ3n) is 8.22. The van der Waals surface area contributed by atoms with Crippen molar-refractivity contribution < 1.29 is 19.1 Å². The van der Waals surface area contributed by atoms with E-state index < -0.39 is 0 Å². The number of anilines is 2. The predicted molar refractivity (Wildman–Crippen MR) is 271 cm³/mol. The molecule has 0 spiro atoms. The van der Waals surface area contributed by atoms with E-state index >= 15 is 0 Å². The van der Waals surface area contributed by atoms with E-state index in [2.05, 4.69) is 91.4 Å². The van der Waals surface area contributed by atoms with Gasteiger partial charge in [-0.25, -0.2) is 19.9 Å². The van der Waals surface area contributed by atoms with E-state index in [1.807, 2.05) is 81.4 Å². The summed E-state index contributed by atoms with van der Waals surface area (Å²) >= 11 is 0. The van der Waals surface area contributed by atoms with Crippen molar-refractivity contribution in [2.45, 2.75) is 26.4 Å². The Hall–Kier alpha value is -9.95. The molecule has 5 aromatic heterocycles. The molecule has 7 rings (SSSR count). The molecule has 0 atom stereocenters. The first-order valence-electron chi connectivity index (χ1n) is 21.2. The van der Waals surface area contributed by atoms with Crippen LogP contribution in [0.15, 0.2) is 155 Å². The number of aromatic nitrogens is 10. The number of nitrogens with zero attached hydrogens (tertiary/aromatic N) is 14. The molecule has 5 heterocycles. The molecule has 0 saturated carbocycles. The smallest absolute Gasteiger partial charge is 0.293 e. The van der Waals surface area contributed by atoms with Crippen LogP contribution in [0.1, 0.15) is 43.4 Å². The molecular formula is C46H52N22O4. The first-order valence-corrected chi connectivity index (χ1v) is 21.2. The number of nitrogens with one attached hydrogen (secondary N) is 3. The highest BCUT2D eigenvalue weighted by atomic mass is 16.5. The van der Waals surface area contributed by atoms with Gasteiger partial charge in [0.25, 0.3) is 6.47 Å².